The molecule has 0 fully saturated rings. The van der Waals surface area contributed by atoms with Gasteiger partial charge in [0.05, 0.1) is 18.5 Å². The first-order valence-corrected chi connectivity index (χ1v) is 12.6. The second-order valence-electron chi connectivity index (χ2n) is 8.66. The van der Waals surface area contributed by atoms with Gasteiger partial charge in [0, 0.05) is 18.6 Å². The fourth-order valence-electron chi connectivity index (χ4n) is 3.43. The number of carbonyl (C=O) groups excluding carboxylic acids is 1. The molecule has 1 atom stereocenters. The van der Waals surface area contributed by atoms with Gasteiger partial charge in [0.1, 0.15) is 18.1 Å². The van der Waals surface area contributed by atoms with Gasteiger partial charge in [-0.3, -0.25) is 9.78 Å². The van der Waals surface area contributed by atoms with Crippen molar-refractivity contribution in [3.63, 3.8) is 0 Å². The monoisotopic (exact) mass is 455 g/mol. The van der Waals surface area contributed by atoms with Gasteiger partial charge < -0.3 is 14.2 Å². The first-order chi connectivity index (χ1) is 16.1. The number of hydrogen-bond acceptors (Lipinski definition) is 5. The van der Waals surface area contributed by atoms with E-state index in [0.29, 0.717) is 25.4 Å². The highest BCUT2D eigenvalue weighted by atomic mass is 16.5. The number of aromatic nitrogens is 1. The molecule has 0 aliphatic heterocycles. The molecule has 0 bridgehead atoms. The minimum atomic E-state index is -0.170. The first-order valence-electron chi connectivity index (χ1n) is 12.6. The van der Waals surface area contributed by atoms with Crippen LogP contribution in [0.5, 0.6) is 11.5 Å². The molecule has 0 N–H and O–H groups in total. The second-order valence-corrected chi connectivity index (χ2v) is 8.66. The van der Waals surface area contributed by atoms with Crippen molar-refractivity contribution in [1.82, 2.24) is 4.98 Å². The highest BCUT2D eigenvalue weighted by Crippen LogP contribution is 2.23. The van der Waals surface area contributed by atoms with E-state index in [1.807, 2.05) is 36.4 Å². The van der Waals surface area contributed by atoms with Crippen molar-refractivity contribution in [2.75, 3.05) is 19.8 Å². The molecule has 5 nitrogen and oxygen atoms in total. The van der Waals surface area contributed by atoms with Crippen LogP contribution in [0.25, 0.3) is 11.3 Å². The number of rotatable bonds is 17. The van der Waals surface area contributed by atoms with Crippen LogP contribution in [-0.4, -0.2) is 30.8 Å². The molecule has 0 amide bonds. The summed E-state index contributed by atoms with van der Waals surface area (Å²) in [6.45, 7) is 8.57. The number of hydrogen-bond donors (Lipinski definition) is 0. The molecule has 1 aromatic heterocycles. The van der Waals surface area contributed by atoms with Gasteiger partial charge in [0.2, 0.25) is 0 Å². The summed E-state index contributed by atoms with van der Waals surface area (Å²) in [7, 11) is 0. The number of esters is 1. The lowest BCUT2D eigenvalue weighted by molar-refractivity contribution is -0.134. The fourth-order valence-corrected chi connectivity index (χ4v) is 3.43. The van der Waals surface area contributed by atoms with Gasteiger partial charge in [-0.2, -0.15) is 0 Å². The van der Waals surface area contributed by atoms with Crippen LogP contribution >= 0.6 is 0 Å². The summed E-state index contributed by atoms with van der Waals surface area (Å²) < 4.78 is 16.8. The van der Waals surface area contributed by atoms with Crippen LogP contribution in [0, 0.1) is 5.92 Å². The van der Waals surface area contributed by atoms with Gasteiger partial charge in [0.15, 0.2) is 0 Å². The Balaban J connectivity index is 1.68. The minimum absolute atomic E-state index is 0.170. The molecule has 1 aromatic carbocycles. The lowest BCUT2D eigenvalue weighted by atomic mass is 10.0. The van der Waals surface area contributed by atoms with Gasteiger partial charge in [-0.25, -0.2) is 0 Å². The maximum atomic E-state index is 12.0. The van der Waals surface area contributed by atoms with E-state index in [2.05, 4.69) is 25.8 Å². The average Bonchev–Trinajstić information content (AvgIpc) is 2.84. The molecule has 0 spiro atoms. The Bertz CT molecular complexity index is 773. The van der Waals surface area contributed by atoms with Crippen molar-refractivity contribution in [2.24, 2.45) is 5.92 Å². The lowest BCUT2D eigenvalue weighted by Gasteiger charge is -2.09. The number of pyridine rings is 1. The normalized spacial score (nSPS) is 11.8. The zero-order chi connectivity index (χ0) is 23.7. The van der Waals surface area contributed by atoms with Crippen molar-refractivity contribution < 1.29 is 19.0 Å². The van der Waals surface area contributed by atoms with Crippen LogP contribution in [0.15, 0.2) is 42.6 Å². The number of nitrogens with zero attached hydrogens (tertiary/aromatic N) is 1. The van der Waals surface area contributed by atoms with Gasteiger partial charge in [-0.05, 0) is 55.2 Å². The number of ether oxygens (including phenoxy) is 3. The van der Waals surface area contributed by atoms with Crippen LogP contribution in [0.3, 0.4) is 0 Å². The van der Waals surface area contributed by atoms with Crippen molar-refractivity contribution in [3.05, 3.63) is 42.6 Å². The third kappa shape index (κ3) is 11.3. The largest absolute Gasteiger partial charge is 0.490 e. The Kier molecular flexibility index (Phi) is 13.2. The molecule has 5 heteroatoms. The molecular formula is C28H41NO4. The highest BCUT2D eigenvalue weighted by Gasteiger charge is 2.07. The van der Waals surface area contributed by atoms with E-state index in [0.717, 1.165) is 48.8 Å². The van der Waals surface area contributed by atoms with E-state index in [4.69, 9.17) is 14.2 Å². The van der Waals surface area contributed by atoms with E-state index in [1.165, 1.54) is 32.1 Å². The van der Waals surface area contributed by atoms with Crippen LogP contribution < -0.4 is 9.47 Å². The molecular weight excluding hydrogens is 414 g/mol. The third-order valence-corrected chi connectivity index (χ3v) is 5.78. The Morgan fingerprint density at radius 2 is 1.67 bits per heavy atom. The molecule has 0 radical (unpaired) electrons. The van der Waals surface area contributed by atoms with Gasteiger partial charge in [-0.15, -0.1) is 0 Å². The van der Waals surface area contributed by atoms with E-state index in [9.17, 15) is 4.79 Å². The molecule has 0 aliphatic carbocycles. The highest BCUT2D eigenvalue weighted by molar-refractivity contribution is 5.72. The number of carbonyl (C=O) groups is 1. The molecule has 182 valence electrons. The standard InChI is InChI=1S/C28H41NO4/c1-4-6-7-10-19-31-20-21-32-26-17-18-27(29-22-26)24-13-15-25(16-14-24)33-28(30)12-9-8-11-23(3)5-2/h13-18,22-23H,4-12,19-21H2,1-3H3. The molecule has 33 heavy (non-hydrogen) atoms. The first kappa shape index (κ1) is 26.8. The fraction of sp³-hybridized carbons (Fsp3) is 0.571. The molecule has 2 rings (SSSR count). The average molecular weight is 456 g/mol. The lowest BCUT2D eigenvalue weighted by Crippen LogP contribution is -2.08. The summed E-state index contributed by atoms with van der Waals surface area (Å²) in [5.41, 5.74) is 1.81. The smallest absolute Gasteiger partial charge is 0.311 e. The molecule has 2 aromatic rings. The molecule has 0 aliphatic rings. The summed E-state index contributed by atoms with van der Waals surface area (Å²) in [5.74, 6) is 1.85. The van der Waals surface area contributed by atoms with Gasteiger partial charge >= 0.3 is 5.97 Å². The Morgan fingerprint density at radius 3 is 2.36 bits per heavy atom. The zero-order valence-electron chi connectivity index (χ0n) is 20.7. The van der Waals surface area contributed by atoms with Crippen molar-refractivity contribution >= 4 is 5.97 Å². The minimum Gasteiger partial charge on any atom is -0.490 e. The summed E-state index contributed by atoms with van der Waals surface area (Å²) in [6.07, 6.45) is 11.3. The SMILES string of the molecule is CCCCCCOCCOc1ccc(-c2ccc(OC(=O)CCCCC(C)CC)cc2)nc1. The van der Waals surface area contributed by atoms with Crippen molar-refractivity contribution in [3.8, 4) is 22.8 Å². The van der Waals surface area contributed by atoms with E-state index >= 15 is 0 Å². The van der Waals surface area contributed by atoms with Gasteiger partial charge in [0.25, 0.3) is 0 Å². The molecule has 0 saturated carbocycles. The maximum absolute atomic E-state index is 12.0. The van der Waals surface area contributed by atoms with Crippen LogP contribution in [0.2, 0.25) is 0 Å². The van der Waals surface area contributed by atoms with Crippen LogP contribution in [0.1, 0.15) is 78.6 Å². The summed E-state index contributed by atoms with van der Waals surface area (Å²) >= 11 is 0. The maximum Gasteiger partial charge on any atom is 0.311 e. The summed E-state index contributed by atoms with van der Waals surface area (Å²) in [6, 6.07) is 11.3. The quantitative estimate of drug-likeness (QED) is 0.143. The number of unbranched alkanes of at least 4 members (excludes halogenated alkanes) is 4. The Morgan fingerprint density at radius 1 is 0.879 bits per heavy atom. The van der Waals surface area contributed by atoms with Crippen molar-refractivity contribution in [1.29, 1.82) is 0 Å². The summed E-state index contributed by atoms with van der Waals surface area (Å²) in [4.78, 5) is 16.5. The Labute approximate surface area is 199 Å². The van der Waals surface area contributed by atoms with Crippen molar-refractivity contribution in [2.45, 2.75) is 78.6 Å². The number of benzene rings is 1. The zero-order valence-corrected chi connectivity index (χ0v) is 20.7. The predicted octanol–water partition coefficient (Wildman–Crippen LogP) is 7.24. The van der Waals surface area contributed by atoms with Crippen LogP contribution in [-0.2, 0) is 9.53 Å². The molecule has 1 heterocycles. The van der Waals surface area contributed by atoms with Gasteiger partial charge in [-0.1, -0.05) is 59.3 Å². The molecule has 0 saturated heterocycles. The topological polar surface area (TPSA) is 57.7 Å². The van der Waals surface area contributed by atoms with E-state index < -0.39 is 0 Å². The summed E-state index contributed by atoms with van der Waals surface area (Å²) in [5, 5.41) is 0. The third-order valence-electron chi connectivity index (χ3n) is 5.78. The van der Waals surface area contributed by atoms with E-state index in [1.54, 1.807) is 6.20 Å². The predicted molar refractivity (Wildman–Crippen MR) is 134 cm³/mol. The van der Waals surface area contributed by atoms with E-state index in [-0.39, 0.29) is 5.97 Å². The second kappa shape index (κ2) is 16.2. The Hall–Kier alpha value is -2.40. The molecule has 1 unspecified atom stereocenters. The van der Waals surface area contributed by atoms with Crippen LogP contribution in [0.4, 0.5) is 0 Å².